The van der Waals surface area contributed by atoms with Crippen LogP contribution in [-0.4, -0.2) is 15.6 Å². The number of thiophene rings is 1. The van der Waals surface area contributed by atoms with E-state index < -0.39 is 0 Å². The molecule has 0 radical (unpaired) electrons. The van der Waals surface area contributed by atoms with Crippen LogP contribution >= 0.6 is 11.3 Å². The molecule has 1 N–H and O–H groups in total. The van der Waals surface area contributed by atoms with Gasteiger partial charge in [-0.2, -0.15) is 0 Å². The molecular formula is C22H19N3O2S. The first-order valence-corrected chi connectivity index (χ1v) is 9.72. The summed E-state index contributed by atoms with van der Waals surface area (Å²) >= 11 is 1.48. The number of carbonyl (C=O) groups excluding carboxylic acids is 1. The number of nitrogens with zero attached hydrogens (tertiary/aromatic N) is 2. The normalized spacial score (nSPS) is 11.0. The molecule has 2 aromatic heterocycles. The second kappa shape index (κ2) is 7.05. The van der Waals surface area contributed by atoms with Gasteiger partial charge in [0.05, 0.1) is 5.39 Å². The van der Waals surface area contributed by atoms with Gasteiger partial charge in [-0.15, -0.1) is 11.3 Å². The highest BCUT2D eigenvalue weighted by Gasteiger charge is 2.18. The molecule has 4 rings (SSSR count). The van der Waals surface area contributed by atoms with Crippen molar-refractivity contribution in [2.24, 2.45) is 0 Å². The summed E-state index contributed by atoms with van der Waals surface area (Å²) in [5.74, 6) is -0.348. The van der Waals surface area contributed by atoms with Crippen LogP contribution in [0, 0.1) is 20.8 Å². The van der Waals surface area contributed by atoms with Gasteiger partial charge >= 0.3 is 0 Å². The van der Waals surface area contributed by atoms with Crippen molar-refractivity contribution in [3.8, 4) is 11.1 Å². The lowest BCUT2D eigenvalue weighted by atomic mass is 10.0. The van der Waals surface area contributed by atoms with E-state index in [0.717, 1.165) is 27.1 Å². The zero-order valence-corrected chi connectivity index (χ0v) is 16.6. The van der Waals surface area contributed by atoms with E-state index in [9.17, 15) is 9.59 Å². The van der Waals surface area contributed by atoms with Gasteiger partial charge in [0.25, 0.3) is 11.5 Å². The quantitative estimate of drug-likeness (QED) is 0.564. The molecule has 0 aliphatic carbocycles. The number of nitrogens with one attached hydrogen (secondary N) is 1. The fourth-order valence-electron chi connectivity index (χ4n) is 3.19. The highest BCUT2D eigenvalue weighted by molar-refractivity contribution is 7.19. The van der Waals surface area contributed by atoms with E-state index >= 15 is 0 Å². The van der Waals surface area contributed by atoms with Crippen molar-refractivity contribution in [3.05, 3.63) is 86.8 Å². The van der Waals surface area contributed by atoms with Gasteiger partial charge in [-0.05, 0) is 49.6 Å². The molecule has 0 atom stereocenters. The summed E-state index contributed by atoms with van der Waals surface area (Å²) in [6, 6.07) is 15.2. The summed E-state index contributed by atoms with van der Waals surface area (Å²) in [6.45, 7) is 5.92. The average Bonchev–Trinajstić information content (AvgIpc) is 3.03. The SMILES string of the molecule is Cc1ccc(C(=O)Nn2cnc3sc(C)c(-c4ccccc4)c3c2=O)cc1C. The molecule has 0 saturated heterocycles. The van der Waals surface area contributed by atoms with E-state index in [1.807, 2.05) is 63.2 Å². The van der Waals surface area contributed by atoms with E-state index in [4.69, 9.17) is 0 Å². The molecular weight excluding hydrogens is 370 g/mol. The van der Waals surface area contributed by atoms with Gasteiger partial charge in [0.1, 0.15) is 11.2 Å². The van der Waals surface area contributed by atoms with Gasteiger partial charge in [-0.1, -0.05) is 36.4 Å². The minimum Gasteiger partial charge on any atom is -0.267 e. The van der Waals surface area contributed by atoms with Gasteiger partial charge in [0.15, 0.2) is 0 Å². The molecule has 0 saturated carbocycles. The first kappa shape index (κ1) is 18.1. The van der Waals surface area contributed by atoms with Crippen LogP contribution in [0.3, 0.4) is 0 Å². The number of aromatic nitrogens is 2. The second-order valence-corrected chi connectivity index (χ2v) is 7.94. The molecule has 5 nitrogen and oxygen atoms in total. The second-order valence-electron chi connectivity index (χ2n) is 6.74. The summed E-state index contributed by atoms with van der Waals surface area (Å²) in [7, 11) is 0. The van der Waals surface area contributed by atoms with E-state index in [1.54, 1.807) is 6.07 Å². The van der Waals surface area contributed by atoms with Crippen molar-refractivity contribution in [2.75, 3.05) is 5.43 Å². The number of hydrogen-bond donors (Lipinski definition) is 1. The van der Waals surface area contributed by atoms with Crippen molar-refractivity contribution in [2.45, 2.75) is 20.8 Å². The van der Waals surface area contributed by atoms with Crippen molar-refractivity contribution in [1.29, 1.82) is 0 Å². The maximum Gasteiger partial charge on any atom is 0.281 e. The van der Waals surface area contributed by atoms with Gasteiger partial charge in [-0.25, -0.2) is 9.66 Å². The van der Waals surface area contributed by atoms with E-state index in [1.165, 1.54) is 22.3 Å². The molecule has 140 valence electrons. The summed E-state index contributed by atoms with van der Waals surface area (Å²) in [5.41, 5.74) is 6.83. The maximum absolute atomic E-state index is 13.1. The molecule has 0 aliphatic heterocycles. The molecule has 28 heavy (non-hydrogen) atoms. The van der Waals surface area contributed by atoms with Crippen LogP contribution in [0.4, 0.5) is 0 Å². The maximum atomic E-state index is 13.1. The Balaban J connectivity index is 1.79. The minimum atomic E-state index is -0.348. The Kier molecular flexibility index (Phi) is 4.57. The average molecular weight is 389 g/mol. The molecule has 6 heteroatoms. The lowest BCUT2D eigenvalue weighted by Crippen LogP contribution is -2.33. The number of hydrogen-bond acceptors (Lipinski definition) is 4. The fourth-order valence-corrected chi connectivity index (χ4v) is 4.19. The van der Waals surface area contributed by atoms with E-state index in [2.05, 4.69) is 10.4 Å². The standard InChI is InChI=1S/C22H19N3O2S/c1-13-9-10-17(11-14(13)2)20(26)24-25-12-23-21-19(22(25)27)18(15(3)28-21)16-7-5-4-6-8-16/h4-12H,1-3H3,(H,24,26). The zero-order valence-electron chi connectivity index (χ0n) is 15.8. The Morgan fingerprint density at radius 3 is 2.50 bits per heavy atom. The van der Waals surface area contributed by atoms with Crippen molar-refractivity contribution < 1.29 is 4.79 Å². The largest absolute Gasteiger partial charge is 0.281 e. The highest BCUT2D eigenvalue weighted by atomic mass is 32.1. The van der Waals surface area contributed by atoms with Gasteiger partial charge in [0, 0.05) is 16.0 Å². The summed E-state index contributed by atoms with van der Waals surface area (Å²) in [5, 5.41) is 0.525. The number of aryl methyl sites for hydroxylation is 3. The molecule has 2 aromatic carbocycles. The van der Waals surface area contributed by atoms with Crippen LogP contribution in [0.15, 0.2) is 59.7 Å². The van der Waals surface area contributed by atoms with Crippen LogP contribution in [0.1, 0.15) is 26.4 Å². The van der Waals surface area contributed by atoms with Crippen molar-refractivity contribution in [1.82, 2.24) is 9.66 Å². The Morgan fingerprint density at radius 2 is 1.79 bits per heavy atom. The fraction of sp³-hybridized carbons (Fsp3) is 0.136. The smallest absolute Gasteiger partial charge is 0.267 e. The third-order valence-corrected chi connectivity index (χ3v) is 5.86. The number of amides is 1. The van der Waals surface area contributed by atoms with Gasteiger partial charge < -0.3 is 0 Å². The predicted molar refractivity (Wildman–Crippen MR) is 114 cm³/mol. The Labute approximate surface area is 166 Å². The Bertz CT molecular complexity index is 1260. The summed E-state index contributed by atoms with van der Waals surface area (Å²) in [6.07, 6.45) is 1.37. The van der Waals surface area contributed by atoms with Crippen LogP contribution in [0.2, 0.25) is 0 Å². The van der Waals surface area contributed by atoms with Crippen LogP contribution in [0.25, 0.3) is 21.3 Å². The van der Waals surface area contributed by atoms with Gasteiger partial charge in [-0.3, -0.25) is 15.0 Å². The number of rotatable bonds is 3. The molecule has 0 unspecified atom stereocenters. The van der Waals surface area contributed by atoms with Crippen molar-refractivity contribution >= 4 is 27.5 Å². The molecule has 0 fully saturated rings. The zero-order chi connectivity index (χ0) is 19.8. The molecule has 0 aliphatic rings. The summed E-state index contributed by atoms with van der Waals surface area (Å²) in [4.78, 5) is 31.8. The lowest BCUT2D eigenvalue weighted by Gasteiger charge is -2.09. The monoisotopic (exact) mass is 389 g/mol. The highest BCUT2D eigenvalue weighted by Crippen LogP contribution is 2.35. The molecule has 0 bridgehead atoms. The van der Waals surface area contributed by atoms with E-state index in [0.29, 0.717) is 15.8 Å². The molecule has 1 amide bonds. The van der Waals surface area contributed by atoms with Crippen LogP contribution < -0.4 is 11.0 Å². The lowest BCUT2D eigenvalue weighted by molar-refractivity contribution is 0.101. The van der Waals surface area contributed by atoms with Gasteiger partial charge in [0.2, 0.25) is 0 Å². The van der Waals surface area contributed by atoms with Crippen LogP contribution in [0.5, 0.6) is 0 Å². The predicted octanol–water partition coefficient (Wildman–Crippen LogP) is 4.43. The Hall–Kier alpha value is -3.25. The molecule has 2 heterocycles. The summed E-state index contributed by atoms with van der Waals surface area (Å²) < 4.78 is 1.17. The minimum absolute atomic E-state index is 0.287. The first-order chi connectivity index (χ1) is 13.5. The van der Waals surface area contributed by atoms with Crippen molar-refractivity contribution in [3.63, 3.8) is 0 Å². The number of fused-ring (bicyclic) bond motifs is 1. The van der Waals surface area contributed by atoms with Crippen LogP contribution in [-0.2, 0) is 0 Å². The molecule has 4 aromatic rings. The number of benzene rings is 2. The molecule has 0 spiro atoms. The third kappa shape index (κ3) is 3.12. The Morgan fingerprint density at radius 1 is 1.04 bits per heavy atom. The first-order valence-electron chi connectivity index (χ1n) is 8.90. The van der Waals surface area contributed by atoms with E-state index in [-0.39, 0.29) is 11.5 Å². The number of carbonyl (C=O) groups is 1. The third-order valence-electron chi connectivity index (χ3n) is 4.84. The topological polar surface area (TPSA) is 64.0 Å².